The maximum atomic E-state index is 11.8. The van der Waals surface area contributed by atoms with Gasteiger partial charge in [-0.3, -0.25) is 4.79 Å². The molecule has 25 heavy (non-hydrogen) atoms. The second-order valence-corrected chi connectivity index (χ2v) is 8.77. The molecule has 9 heteroatoms. The molecule has 2 aromatic rings. The standard InChI is InChI=1S/C16H19ClN2O4S2/c1-11-9-12(4-6-14(11)17)23-8-2-3-15(20)19-10-13-5-7-16(24-13)25(18,21)22/h4-7,9H,2-3,8,10H2,1H3,(H,19,20)(H2,18,21,22). The molecule has 1 heterocycles. The number of benzene rings is 1. The van der Waals surface area contributed by atoms with Crippen molar-refractivity contribution in [2.75, 3.05) is 6.61 Å². The van der Waals surface area contributed by atoms with Crippen LogP contribution >= 0.6 is 22.9 Å². The minimum absolute atomic E-state index is 0.0865. The minimum Gasteiger partial charge on any atom is -0.494 e. The van der Waals surface area contributed by atoms with Gasteiger partial charge in [-0.05, 0) is 49.2 Å². The summed E-state index contributed by atoms with van der Waals surface area (Å²) in [4.78, 5) is 12.5. The molecule has 0 aliphatic carbocycles. The summed E-state index contributed by atoms with van der Waals surface area (Å²) in [5.41, 5.74) is 0.937. The molecule has 0 fully saturated rings. The van der Waals surface area contributed by atoms with E-state index in [9.17, 15) is 13.2 Å². The molecule has 0 radical (unpaired) electrons. The van der Waals surface area contributed by atoms with Gasteiger partial charge in [0.1, 0.15) is 9.96 Å². The summed E-state index contributed by atoms with van der Waals surface area (Å²) < 4.78 is 28.1. The van der Waals surface area contributed by atoms with E-state index in [0.29, 0.717) is 24.5 Å². The van der Waals surface area contributed by atoms with Crippen molar-refractivity contribution in [2.45, 2.75) is 30.5 Å². The van der Waals surface area contributed by atoms with Crippen molar-refractivity contribution >= 4 is 38.9 Å². The van der Waals surface area contributed by atoms with Crippen molar-refractivity contribution < 1.29 is 17.9 Å². The third-order valence-corrected chi connectivity index (χ3v) is 6.27. The predicted molar refractivity (Wildman–Crippen MR) is 98.5 cm³/mol. The average molecular weight is 403 g/mol. The van der Waals surface area contributed by atoms with E-state index in [-0.39, 0.29) is 16.7 Å². The van der Waals surface area contributed by atoms with Crippen molar-refractivity contribution in [1.82, 2.24) is 5.32 Å². The van der Waals surface area contributed by atoms with Crippen LogP contribution in [-0.2, 0) is 21.4 Å². The molecule has 0 spiro atoms. The summed E-state index contributed by atoms with van der Waals surface area (Å²) in [6.07, 6.45) is 0.889. The van der Waals surface area contributed by atoms with Gasteiger partial charge in [0.25, 0.3) is 0 Å². The Labute approximate surface area is 156 Å². The Kier molecular flexibility index (Phi) is 6.83. The third-order valence-electron chi connectivity index (χ3n) is 3.32. The van der Waals surface area contributed by atoms with Crippen LogP contribution in [0.1, 0.15) is 23.3 Å². The lowest BCUT2D eigenvalue weighted by Gasteiger charge is -2.08. The van der Waals surface area contributed by atoms with Crippen molar-refractivity contribution in [3.8, 4) is 5.75 Å². The molecular formula is C16H19ClN2O4S2. The van der Waals surface area contributed by atoms with Gasteiger partial charge in [0.2, 0.25) is 15.9 Å². The number of halogens is 1. The fourth-order valence-electron chi connectivity index (χ4n) is 2.01. The SMILES string of the molecule is Cc1cc(OCCCC(=O)NCc2ccc(S(N)(=O)=O)s2)ccc1Cl. The van der Waals surface area contributed by atoms with Gasteiger partial charge in [0.15, 0.2) is 0 Å². The van der Waals surface area contributed by atoms with Gasteiger partial charge in [0.05, 0.1) is 13.2 Å². The lowest BCUT2D eigenvalue weighted by molar-refractivity contribution is -0.121. The Hall–Kier alpha value is -1.61. The van der Waals surface area contributed by atoms with Crippen LogP contribution in [0.4, 0.5) is 0 Å². The lowest BCUT2D eigenvalue weighted by Crippen LogP contribution is -2.22. The largest absolute Gasteiger partial charge is 0.494 e. The number of sulfonamides is 1. The average Bonchev–Trinajstić information content (AvgIpc) is 3.02. The number of rotatable bonds is 8. The molecular weight excluding hydrogens is 384 g/mol. The number of nitrogens with two attached hydrogens (primary N) is 1. The highest BCUT2D eigenvalue weighted by Crippen LogP contribution is 2.21. The maximum Gasteiger partial charge on any atom is 0.247 e. The van der Waals surface area contributed by atoms with Crippen molar-refractivity contribution in [2.24, 2.45) is 5.14 Å². The Balaban J connectivity index is 1.68. The highest BCUT2D eigenvalue weighted by Gasteiger charge is 2.11. The molecule has 0 bridgehead atoms. The molecule has 0 aliphatic rings. The number of carbonyl (C=O) groups excluding carboxylic acids is 1. The summed E-state index contributed by atoms with van der Waals surface area (Å²) >= 11 is 6.99. The van der Waals surface area contributed by atoms with Crippen LogP contribution in [0, 0.1) is 6.92 Å². The first-order chi connectivity index (χ1) is 11.8. The van der Waals surface area contributed by atoms with Gasteiger partial charge in [-0.1, -0.05) is 11.6 Å². The molecule has 0 saturated heterocycles. The third kappa shape index (κ3) is 6.32. The summed E-state index contributed by atoms with van der Waals surface area (Å²) in [5, 5.41) is 8.47. The molecule has 3 N–H and O–H groups in total. The molecule has 2 rings (SSSR count). The molecule has 0 unspecified atom stereocenters. The smallest absolute Gasteiger partial charge is 0.247 e. The first-order valence-electron chi connectivity index (χ1n) is 7.53. The molecule has 1 aromatic carbocycles. The van der Waals surface area contributed by atoms with Crippen molar-refractivity contribution in [3.63, 3.8) is 0 Å². The Morgan fingerprint density at radius 3 is 2.72 bits per heavy atom. The first-order valence-corrected chi connectivity index (χ1v) is 10.3. The number of thiophene rings is 1. The van der Waals surface area contributed by atoms with Crippen LogP contribution in [0.2, 0.25) is 5.02 Å². The van der Waals surface area contributed by atoms with E-state index in [4.69, 9.17) is 21.5 Å². The van der Waals surface area contributed by atoms with Gasteiger partial charge in [-0.15, -0.1) is 11.3 Å². The van der Waals surface area contributed by atoms with Gasteiger partial charge < -0.3 is 10.1 Å². The fraction of sp³-hybridized carbons (Fsp3) is 0.312. The highest BCUT2D eigenvalue weighted by molar-refractivity contribution is 7.91. The molecule has 0 atom stereocenters. The maximum absolute atomic E-state index is 11.8. The summed E-state index contributed by atoms with van der Waals surface area (Å²) in [7, 11) is -3.69. The van der Waals surface area contributed by atoms with Crippen LogP contribution in [0.5, 0.6) is 5.75 Å². The second-order valence-electron chi connectivity index (χ2n) is 5.41. The van der Waals surface area contributed by atoms with E-state index in [0.717, 1.165) is 27.5 Å². The van der Waals surface area contributed by atoms with Gasteiger partial charge in [-0.2, -0.15) is 0 Å². The lowest BCUT2D eigenvalue weighted by atomic mass is 10.2. The number of primary sulfonamides is 1. The van der Waals surface area contributed by atoms with E-state index >= 15 is 0 Å². The fourth-order valence-corrected chi connectivity index (χ4v) is 3.85. The van der Waals surface area contributed by atoms with Gasteiger partial charge in [0, 0.05) is 16.3 Å². The Morgan fingerprint density at radius 1 is 1.32 bits per heavy atom. The molecule has 0 saturated carbocycles. The van der Waals surface area contributed by atoms with Crippen molar-refractivity contribution in [1.29, 1.82) is 0 Å². The summed E-state index contributed by atoms with van der Waals surface area (Å²) in [6.45, 7) is 2.59. The zero-order chi connectivity index (χ0) is 18.4. The highest BCUT2D eigenvalue weighted by atomic mass is 35.5. The van der Waals surface area contributed by atoms with Crippen LogP contribution in [-0.4, -0.2) is 20.9 Å². The van der Waals surface area contributed by atoms with Gasteiger partial charge in [-0.25, -0.2) is 13.6 Å². The number of ether oxygens (including phenoxy) is 1. The van der Waals surface area contributed by atoms with Crippen LogP contribution in [0.3, 0.4) is 0 Å². The van der Waals surface area contributed by atoms with Gasteiger partial charge >= 0.3 is 0 Å². The zero-order valence-corrected chi connectivity index (χ0v) is 16.0. The Bertz CT molecular complexity index is 850. The number of carbonyl (C=O) groups is 1. The number of aryl methyl sites for hydroxylation is 1. The van der Waals surface area contributed by atoms with E-state index in [1.165, 1.54) is 6.07 Å². The van der Waals surface area contributed by atoms with Crippen LogP contribution < -0.4 is 15.2 Å². The molecule has 1 amide bonds. The molecule has 1 aromatic heterocycles. The second kappa shape index (κ2) is 8.66. The Morgan fingerprint density at radius 2 is 2.08 bits per heavy atom. The normalized spacial score (nSPS) is 11.3. The summed E-state index contributed by atoms with van der Waals surface area (Å²) in [6, 6.07) is 8.48. The molecule has 136 valence electrons. The minimum atomic E-state index is -3.69. The number of amides is 1. The quantitative estimate of drug-likeness (QED) is 0.663. The predicted octanol–water partition coefficient (Wildman–Crippen LogP) is 2.83. The van der Waals surface area contributed by atoms with E-state index in [2.05, 4.69) is 5.32 Å². The summed E-state index contributed by atoms with van der Waals surface area (Å²) in [5.74, 6) is 0.595. The van der Waals surface area contributed by atoms with Crippen LogP contribution in [0.25, 0.3) is 0 Å². The van der Waals surface area contributed by atoms with E-state index in [1.54, 1.807) is 18.2 Å². The number of hydrogen-bond acceptors (Lipinski definition) is 5. The van der Waals surface area contributed by atoms with E-state index < -0.39 is 10.0 Å². The van der Waals surface area contributed by atoms with Crippen molar-refractivity contribution in [3.05, 3.63) is 45.8 Å². The number of nitrogens with one attached hydrogen (secondary N) is 1. The molecule has 0 aliphatic heterocycles. The monoisotopic (exact) mass is 402 g/mol. The molecule has 6 nitrogen and oxygen atoms in total. The number of hydrogen-bond donors (Lipinski definition) is 2. The topological polar surface area (TPSA) is 98.5 Å². The van der Waals surface area contributed by atoms with Crippen LogP contribution in [0.15, 0.2) is 34.5 Å². The first kappa shape index (κ1) is 19.7. The zero-order valence-electron chi connectivity index (χ0n) is 13.6. The van der Waals surface area contributed by atoms with E-state index in [1.807, 2.05) is 13.0 Å².